The highest BCUT2D eigenvalue weighted by atomic mass is 16.2. The molecule has 29 heavy (non-hydrogen) atoms. The van der Waals surface area contributed by atoms with Gasteiger partial charge in [0.15, 0.2) is 0 Å². The number of carbonyl (C=O) groups excluding carboxylic acids is 2. The third-order valence-corrected chi connectivity index (χ3v) is 6.42. The number of rotatable bonds is 4. The number of pyridine rings is 1. The van der Waals surface area contributed by atoms with Gasteiger partial charge in [-0.1, -0.05) is 12.1 Å². The van der Waals surface area contributed by atoms with Crippen molar-refractivity contribution in [2.45, 2.75) is 38.8 Å². The topological polar surface area (TPSA) is 79.5 Å². The number of benzene rings is 1. The van der Waals surface area contributed by atoms with Crippen LogP contribution >= 0.6 is 0 Å². The van der Waals surface area contributed by atoms with Crippen molar-refractivity contribution in [2.75, 3.05) is 19.6 Å². The van der Waals surface area contributed by atoms with Crippen molar-refractivity contribution in [3.63, 3.8) is 0 Å². The van der Waals surface area contributed by atoms with E-state index in [1.165, 1.54) is 0 Å². The number of likely N-dealkylation sites (tertiary alicyclic amines) is 2. The normalized spacial score (nSPS) is 18.9. The van der Waals surface area contributed by atoms with Crippen molar-refractivity contribution in [2.24, 2.45) is 11.1 Å². The summed E-state index contributed by atoms with van der Waals surface area (Å²) in [7, 11) is 0. The van der Waals surface area contributed by atoms with Crippen LogP contribution in [0.15, 0.2) is 48.8 Å². The Morgan fingerprint density at radius 1 is 1.00 bits per heavy atom. The maximum Gasteiger partial charge on any atom is 0.253 e. The first kappa shape index (κ1) is 19.6. The van der Waals surface area contributed by atoms with Crippen LogP contribution < -0.4 is 5.73 Å². The van der Waals surface area contributed by atoms with E-state index < -0.39 is 0 Å². The zero-order valence-electron chi connectivity index (χ0n) is 16.7. The molecule has 1 aromatic heterocycles. The molecule has 2 N–H and O–H groups in total. The maximum absolute atomic E-state index is 12.9. The highest BCUT2D eigenvalue weighted by Gasteiger charge is 2.41. The third-order valence-electron chi connectivity index (χ3n) is 6.42. The molecule has 0 aliphatic carbocycles. The average Bonchev–Trinajstić information content (AvgIpc) is 2.77. The summed E-state index contributed by atoms with van der Waals surface area (Å²) in [5.74, 6) is 0.315. The molecule has 2 amide bonds. The van der Waals surface area contributed by atoms with Crippen molar-refractivity contribution in [3.8, 4) is 0 Å². The molecule has 0 radical (unpaired) electrons. The first-order valence-corrected chi connectivity index (χ1v) is 10.3. The van der Waals surface area contributed by atoms with Crippen LogP contribution in [-0.4, -0.2) is 46.2 Å². The van der Waals surface area contributed by atoms with Crippen LogP contribution in [0.5, 0.6) is 0 Å². The van der Waals surface area contributed by atoms with Gasteiger partial charge in [0.1, 0.15) is 0 Å². The van der Waals surface area contributed by atoms with Gasteiger partial charge in [0, 0.05) is 57.1 Å². The van der Waals surface area contributed by atoms with Gasteiger partial charge in [-0.15, -0.1) is 0 Å². The molecule has 2 aliphatic rings. The Bertz CT molecular complexity index is 858. The number of nitrogens with two attached hydrogens (primary N) is 1. The van der Waals surface area contributed by atoms with Crippen LogP contribution in [0.25, 0.3) is 0 Å². The lowest BCUT2D eigenvalue weighted by Gasteiger charge is -2.47. The van der Waals surface area contributed by atoms with E-state index in [1.54, 1.807) is 12.4 Å². The predicted molar refractivity (Wildman–Crippen MR) is 111 cm³/mol. The van der Waals surface area contributed by atoms with Gasteiger partial charge in [0.25, 0.3) is 5.91 Å². The molecule has 1 aromatic carbocycles. The van der Waals surface area contributed by atoms with Gasteiger partial charge in [-0.3, -0.25) is 14.6 Å². The Labute approximate surface area is 171 Å². The highest BCUT2D eigenvalue weighted by molar-refractivity contribution is 5.94. The Kier molecular flexibility index (Phi) is 5.62. The van der Waals surface area contributed by atoms with Crippen molar-refractivity contribution in [1.29, 1.82) is 0 Å². The minimum absolute atomic E-state index is 0.0870. The lowest BCUT2D eigenvalue weighted by molar-refractivity contribution is -0.139. The van der Waals surface area contributed by atoms with Gasteiger partial charge in [0.2, 0.25) is 5.91 Å². The number of piperidine rings is 2. The van der Waals surface area contributed by atoms with Crippen molar-refractivity contribution >= 4 is 11.8 Å². The van der Waals surface area contributed by atoms with E-state index in [9.17, 15) is 9.59 Å². The second kappa shape index (κ2) is 8.33. The van der Waals surface area contributed by atoms with Crippen LogP contribution in [0.1, 0.15) is 47.2 Å². The minimum Gasteiger partial charge on any atom is -0.339 e. The molecule has 2 fully saturated rings. The summed E-state index contributed by atoms with van der Waals surface area (Å²) in [6.45, 7) is 3.39. The SMILES string of the molecule is NCc1ccc(C(=O)N2CCC3(CCC(=O)N(Cc4ccncc4)C3)CC2)cc1. The van der Waals surface area contributed by atoms with Crippen LogP contribution in [-0.2, 0) is 17.9 Å². The Hall–Kier alpha value is -2.73. The summed E-state index contributed by atoms with van der Waals surface area (Å²) in [5, 5.41) is 0. The Balaban J connectivity index is 1.38. The predicted octanol–water partition coefficient (Wildman–Crippen LogP) is 2.59. The Morgan fingerprint density at radius 2 is 1.69 bits per heavy atom. The second-order valence-corrected chi connectivity index (χ2v) is 8.30. The van der Waals surface area contributed by atoms with E-state index >= 15 is 0 Å². The number of hydrogen-bond donors (Lipinski definition) is 1. The second-order valence-electron chi connectivity index (χ2n) is 8.30. The molecular weight excluding hydrogens is 364 g/mol. The molecule has 2 saturated heterocycles. The number of nitrogens with zero attached hydrogens (tertiary/aromatic N) is 3. The zero-order chi connectivity index (χ0) is 20.3. The van der Waals surface area contributed by atoms with E-state index in [4.69, 9.17) is 5.73 Å². The van der Waals surface area contributed by atoms with E-state index in [0.29, 0.717) is 19.5 Å². The van der Waals surface area contributed by atoms with Gasteiger partial charge >= 0.3 is 0 Å². The standard InChI is InChI=1S/C23H28N4O2/c24-15-18-1-3-20(4-2-18)22(29)26-13-9-23(10-14-26)8-5-21(28)27(17-23)16-19-6-11-25-12-7-19/h1-4,6-7,11-12H,5,8-10,13-17,24H2. The lowest BCUT2D eigenvalue weighted by Crippen LogP contribution is -2.52. The number of amides is 2. The van der Waals surface area contributed by atoms with E-state index in [2.05, 4.69) is 4.98 Å². The summed E-state index contributed by atoms with van der Waals surface area (Å²) >= 11 is 0. The smallest absolute Gasteiger partial charge is 0.253 e. The molecule has 4 rings (SSSR count). The molecule has 1 spiro atoms. The molecule has 6 nitrogen and oxygen atoms in total. The molecule has 0 saturated carbocycles. The van der Waals surface area contributed by atoms with Gasteiger partial charge < -0.3 is 15.5 Å². The lowest BCUT2D eigenvalue weighted by atomic mass is 9.72. The number of aromatic nitrogens is 1. The van der Waals surface area contributed by atoms with Gasteiger partial charge in [-0.25, -0.2) is 0 Å². The molecule has 152 valence electrons. The number of carbonyl (C=O) groups is 2. The third kappa shape index (κ3) is 4.32. The van der Waals surface area contributed by atoms with Crippen LogP contribution in [0.4, 0.5) is 0 Å². The van der Waals surface area contributed by atoms with E-state index in [1.807, 2.05) is 46.2 Å². The first-order valence-electron chi connectivity index (χ1n) is 10.3. The molecule has 0 bridgehead atoms. The Morgan fingerprint density at radius 3 is 2.34 bits per heavy atom. The number of hydrogen-bond acceptors (Lipinski definition) is 4. The van der Waals surface area contributed by atoms with Crippen LogP contribution in [0.2, 0.25) is 0 Å². The molecule has 6 heteroatoms. The van der Waals surface area contributed by atoms with Gasteiger partial charge in [0.05, 0.1) is 0 Å². The van der Waals surface area contributed by atoms with Crippen LogP contribution in [0.3, 0.4) is 0 Å². The van der Waals surface area contributed by atoms with E-state index in [-0.39, 0.29) is 17.2 Å². The van der Waals surface area contributed by atoms with E-state index in [0.717, 1.165) is 55.6 Å². The van der Waals surface area contributed by atoms with Crippen molar-refractivity contribution in [1.82, 2.24) is 14.8 Å². The van der Waals surface area contributed by atoms with Gasteiger partial charge in [-0.05, 0) is 60.1 Å². The molecule has 2 aliphatic heterocycles. The highest BCUT2D eigenvalue weighted by Crippen LogP contribution is 2.40. The van der Waals surface area contributed by atoms with Gasteiger partial charge in [-0.2, -0.15) is 0 Å². The summed E-state index contributed by atoms with van der Waals surface area (Å²) in [6, 6.07) is 11.5. The fraction of sp³-hybridized carbons (Fsp3) is 0.435. The fourth-order valence-electron chi connectivity index (χ4n) is 4.51. The average molecular weight is 393 g/mol. The summed E-state index contributed by atoms with van der Waals surface area (Å²) in [6.07, 6.45) is 6.94. The van der Waals surface area contributed by atoms with Crippen molar-refractivity contribution < 1.29 is 9.59 Å². The largest absolute Gasteiger partial charge is 0.339 e. The molecule has 0 unspecified atom stereocenters. The van der Waals surface area contributed by atoms with Crippen LogP contribution in [0, 0.1) is 5.41 Å². The summed E-state index contributed by atoms with van der Waals surface area (Å²) in [5.41, 5.74) is 8.62. The fourth-order valence-corrected chi connectivity index (χ4v) is 4.51. The monoisotopic (exact) mass is 392 g/mol. The minimum atomic E-state index is 0.0870. The first-order chi connectivity index (χ1) is 14.1. The molecule has 0 atom stereocenters. The molecule has 3 heterocycles. The summed E-state index contributed by atoms with van der Waals surface area (Å²) in [4.78, 5) is 33.3. The zero-order valence-corrected chi connectivity index (χ0v) is 16.7. The molecular formula is C23H28N4O2. The summed E-state index contributed by atoms with van der Waals surface area (Å²) < 4.78 is 0. The quantitative estimate of drug-likeness (QED) is 0.867. The maximum atomic E-state index is 12.9. The van der Waals surface area contributed by atoms with Crippen molar-refractivity contribution in [3.05, 3.63) is 65.5 Å². The molecule has 2 aromatic rings.